The second-order valence-corrected chi connectivity index (χ2v) is 5.51. The monoisotopic (exact) mass is 295 g/mol. The lowest BCUT2D eigenvalue weighted by atomic mass is 9.90. The van der Waals surface area contributed by atoms with Crippen LogP contribution in [0.1, 0.15) is 43.1 Å². The highest BCUT2D eigenvalue weighted by molar-refractivity contribution is 5.94. The molecule has 1 aromatic rings. The lowest BCUT2D eigenvalue weighted by molar-refractivity contribution is 0.0898. The van der Waals surface area contributed by atoms with Crippen LogP contribution < -0.4 is 11.1 Å². The first-order valence-corrected chi connectivity index (χ1v) is 6.43. The maximum Gasteiger partial charge on any atom is 0.251 e. The van der Waals surface area contributed by atoms with Crippen LogP contribution in [0.25, 0.3) is 0 Å². The fourth-order valence-corrected chi connectivity index (χ4v) is 2.13. The molecular weight excluding hydrogens is 274 g/mol. The van der Waals surface area contributed by atoms with Gasteiger partial charge in [0.15, 0.2) is 0 Å². The van der Waals surface area contributed by atoms with E-state index >= 15 is 0 Å². The van der Waals surface area contributed by atoms with Crippen LogP contribution in [0.4, 0.5) is 0 Å². The van der Waals surface area contributed by atoms with Crippen molar-refractivity contribution in [3.05, 3.63) is 35.4 Å². The number of amides is 1. The van der Waals surface area contributed by atoms with Gasteiger partial charge in [-0.3, -0.25) is 4.79 Å². The smallest absolute Gasteiger partial charge is 0.251 e. The first-order chi connectivity index (χ1) is 8.90. The van der Waals surface area contributed by atoms with Crippen LogP contribution in [-0.2, 0) is 0 Å². The number of rotatable bonds is 5. The van der Waals surface area contributed by atoms with Crippen LogP contribution in [0, 0.1) is 17.2 Å². The highest BCUT2D eigenvalue weighted by Crippen LogP contribution is 2.16. The van der Waals surface area contributed by atoms with Crippen molar-refractivity contribution >= 4 is 18.3 Å². The number of nitrogens with two attached hydrogens (primary N) is 1. The van der Waals surface area contributed by atoms with Gasteiger partial charge in [0, 0.05) is 17.6 Å². The number of halogens is 1. The zero-order chi connectivity index (χ0) is 14.5. The van der Waals surface area contributed by atoms with E-state index in [1.807, 2.05) is 13.0 Å². The first kappa shape index (κ1) is 18.4. The molecule has 0 aliphatic heterocycles. The number of hydrogen-bond donors (Lipinski definition) is 2. The highest BCUT2D eigenvalue weighted by atomic mass is 35.5. The Morgan fingerprint density at radius 3 is 2.35 bits per heavy atom. The highest BCUT2D eigenvalue weighted by Gasteiger charge is 2.26. The number of carbonyl (C=O) groups excluding carboxylic acids is 1. The van der Waals surface area contributed by atoms with E-state index in [-0.39, 0.29) is 18.3 Å². The molecule has 110 valence electrons. The first-order valence-electron chi connectivity index (χ1n) is 6.43. The van der Waals surface area contributed by atoms with Crippen molar-refractivity contribution in [3.8, 4) is 6.07 Å². The predicted octanol–water partition coefficient (Wildman–Crippen LogP) is 2.47. The van der Waals surface area contributed by atoms with Crippen molar-refractivity contribution in [2.24, 2.45) is 11.7 Å². The molecule has 0 aromatic heterocycles. The topological polar surface area (TPSA) is 78.9 Å². The van der Waals surface area contributed by atoms with E-state index in [1.165, 1.54) is 0 Å². The summed E-state index contributed by atoms with van der Waals surface area (Å²) in [6, 6.07) is 8.60. The Morgan fingerprint density at radius 2 is 1.95 bits per heavy atom. The predicted molar refractivity (Wildman–Crippen MR) is 82.8 cm³/mol. The summed E-state index contributed by atoms with van der Waals surface area (Å²) in [5.74, 6) is 0.299. The molecule has 1 aromatic carbocycles. The van der Waals surface area contributed by atoms with E-state index in [0.29, 0.717) is 23.6 Å². The summed E-state index contributed by atoms with van der Waals surface area (Å²) in [5.41, 5.74) is 6.45. The lowest BCUT2D eigenvalue weighted by Gasteiger charge is -2.31. The molecule has 3 N–H and O–H groups in total. The van der Waals surface area contributed by atoms with Crippen molar-refractivity contribution in [1.29, 1.82) is 5.26 Å². The maximum absolute atomic E-state index is 12.2. The summed E-state index contributed by atoms with van der Waals surface area (Å²) in [6.07, 6.45) is 0.825. The van der Waals surface area contributed by atoms with E-state index in [1.54, 1.807) is 24.3 Å². The third-order valence-corrected chi connectivity index (χ3v) is 3.00. The quantitative estimate of drug-likeness (QED) is 0.876. The Balaban J connectivity index is 0.00000361. The van der Waals surface area contributed by atoms with Gasteiger partial charge in [0.05, 0.1) is 11.6 Å². The summed E-state index contributed by atoms with van der Waals surface area (Å²) in [4.78, 5) is 12.2. The number of carbonyl (C=O) groups is 1. The molecule has 1 rings (SSSR count). The number of nitrogens with zero attached hydrogens (tertiary/aromatic N) is 1. The Kier molecular flexibility index (Phi) is 7.26. The second-order valence-electron chi connectivity index (χ2n) is 5.51. The second kappa shape index (κ2) is 7.88. The molecule has 4 nitrogen and oxygen atoms in total. The fraction of sp³-hybridized carbons (Fsp3) is 0.467. The molecule has 0 saturated carbocycles. The third kappa shape index (κ3) is 5.20. The van der Waals surface area contributed by atoms with Crippen LogP contribution in [0.5, 0.6) is 0 Å². The molecule has 0 spiro atoms. The molecule has 1 atom stereocenters. The van der Waals surface area contributed by atoms with Gasteiger partial charge in [0.25, 0.3) is 5.91 Å². The average Bonchev–Trinajstić information content (AvgIpc) is 2.37. The molecule has 0 aliphatic rings. The lowest BCUT2D eigenvalue weighted by Crippen LogP contribution is -2.52. The van der Waals surface area contributed by atoms with Gasteiger partial charge in [0.2, 0.25) is 0 Å². The van der Waals surface area contributed by atoms with Gasteiger partial charge in [-0.15, -0.1) is 12.4 Å². The molecule has 0 radical (unpaired) electrons. The SMILES string of the molecule is CC(C)CC(C)(CN)NC(=O)c1ccc(C#N)cc1.Cl. The summed E-state index contributed by atoms with van der Waals surface area (Å²) < 4.78 is 0. The van der Waals surface area contributed by atoms with Gasteiger partial charge in [-0.25, -0.2) is 0 Å². The van der Waals surface area contributed by atoms with Crippen LogP contribution in [0.2, 0.25) is 0 Å². The minimum absolute atomic E-state index is 0. The van der Waals surface area contributed by atoms with Crippen LogP contribution in [-0.4, -0.2) is 18.0 Å². The van der Waals surface area contributed by atoms with E-state index < -0.39 is 5.54 Å². The van der Waals surface area contributed by atoms with Crippen molar-refractivity contribution in [3.63, 3.8) is 0 Å². The van der Waals surface area contributed by atoms with Gasteiger partial charge >= 0.3 is 0 Å². The fourth-order valence-electron chi connectivity index (χ4n) is 2.13. The average molecular weight is 296 g/mol. The molecule has 20 heavy (non-hydrogen) atoms. The van der Waals surface area contributed by atoms with Gasteiger partial charge in [0.1, 0.15) is 0 Å². The summed E-state index contributed by atoms with van der Waals surface area (Å²) >= 11 is 0. The maximum atomic E-state index is 12.2. The Bertz CT molecular complexity index is 479. The zero-order valence-corrected chi connectivity index (χ0v) is 13.0. The summed E-state index contributed by atoms with van der Waals surface area (Å²) in [7, 11) is 0. The number of nitrogens with one attached hydrogen (secondary N) is 1. The molecule has 1 unspecified atom stereocenters. The van der Waals surface area contributed by atoms with Gasteiger partial charge in [-0.2, -0.15) is 5.26 Å². The summed E-state index contributed by atoms with van der Waals surface area (Å²) in [5, 5.41) is 11.7. The zero-order valence-electron chi connectivity index (χ0n) is 12.1. The molecule has 0 bridgehead atoms. The number of nitriles is 1. The van der Waals surface area contributed by atoms with Crippen molar-refractivity contribution < 1.29 is 4.79 Å². The van der Waals surface area contributed by atoms with Crippen LogP contribution in [0.15, 0.2) is 24.3 Å². The largest absolute Gasteiger partial charge is 0.346 e. The normalized spacial score (nSPS) is 13.0. The minimum Gasteiger partial charge on any atom is -0.346 e. The van der Waals surface area contributed by atoms with Crippen LogP contribution in [0.3, 0.4) is 0 Å². The molecule has 5 heteroatoms. The number of hydrogen-bond acceptors (Lipinski definition) is 3. The standard InChI is InChI=1S/C15H21N3O.ClH/c1-11(2)8-15(3,10-17)18-14(19)13-6-4-12(9-16)5-7-13;/h4-7,11H,8,10,17H2,1-3H3,(H,18,19);1H. The van der Waals surface area contributed by atoms with Gasteiger partial charge in [-0.05, 0) is 43.5 Å². The molecule has 0 fully saturated rings. The van der Waals surface area contributed by atoms with E-state index in [4.69, 9.17) is 11.0 Å². The Morgan fingerprint density at radius 1 is 1.40 bits per heavy atom. The molecule has 0 aliphatic carbocycles. The van der Waals surface area contributed by atoms with E-state index in [2.05, 4.69) is 19.2 Å². The van der Waals surface area contributed by atoms with E-state index in [0.717, 1.165) is 6.42 Å². The molecule has 1 amide bonds. The molecular formula is C15H22ClN3O. The Labute approximate surface area is 126 Å². The molecule has 0 saturated heterocycles. The molecule has 0 heterocycles. The number of benzene rings is 1. The summed E-state index contributed by atoms with van der Waals surface area (Å²) in [6.45, 7) is 6.55. The van der Waals surface area contributed by atoms with Crippen molar-refractivity contribution in [2.45, 2.75) is 32.7 Å². The van der Waals surface area contributed by atoms with Crippen molar-refractivity contribution in [1.82, 2.24) is 5.32 Å². The third-order valence-electron chi connectivity index (χ3n) is 3.00. The van der Waals surface area contributed by atoms with E-state index in [9.17, 15) is 4.79 Å². The van der Waals surface area contributed by atoms with Crippen molar-refractivity contribution in [2.75, 3.05) is 6.54 Å². The van der Waals surface area contributed by atoms with Gasteiger partial charge < -0.3 is 11.1 Å². The van der Waals surface area contributed by atoms with Crippen LogP contribution >= 0.6 is 12.4 Å². The minimum atomic E-state index is -0.404. The van der Waals surface area contributed by atoms with Gasteiger partial charge in [-0.1, -0.05) is 13.8 Å². The Hall–Kier alpha value is -1.57.